The molecule has 1 aromatic carbocycles. The summed E-state index contributed by atoms with van der Waals surface area (Å²) in [6.45, 7) is 2.06. The van der Waals surface area contributed by atoms with Crippen LogP contribution in [0.25, 0.3) is 22.2 Å². The number of ether oxygens (including phenoxy) is 1. The van der Waals surface area contributed by atoms with Gasteiger partial charge in [-0.05, 0) is 30.3 Å². The number of pyridine rings is 2. The van der Waals surface area contributed by atoms with Crippen LogP contribution in [0, 0.1) is 0 Å². The van der Waals surface area contributed by atoms with Crippen molar-refractivity contribution in [2.24, 2.45) is 7.05 Å². The molecule has 3 aromatic heterocycles. The molecular formula is C22H22N6O2. The van der Waals surface area contributed by atoms with Crippen LogP contribution < -0.4 is 16.2 Å². The van der Waals surface area contributed by atoms with Gasteiger partial charge in [0.25, 0.3) is 5.56 Å². The van der Waals surface area contributed by atoms with Crippen LogP contribution in [-0.2, 0) is 11.8 Å². The number of aromatic amines is 1. The Kier molecular flexibility index (Phi) is 4.78. The van der Waals surface area contributed by atoms with Crippen molar-refractivity contribution in [2.45, 2.75) is 6.04 Å². The van der Waals surface area contributed by atoms with E-state index < -0.39 is 0 Å². The van der Waals surface area contributed by atoms with Crippen LogP contribution in [0.2, 0.25) is 0 Å². The summed E-state index contributed by atoms with van der Waals surface area (Å²) < 4.78 is 7.25. The van der Waals surface area contributed by atoms with Crippen LogP contribution in [0.1, 0.15) is 11.6 Å². The fraction of sp³-hybridized carbons (Fsp3) is 0.227. The van der Waals surface area contributed by atoms with Crippen molar-refractivity contribution in [3.63, 3.8) is 0 Å². The molecule has 3 N–H and O–H groups in total. The number of benzene rings is 1. The van der Waals surface area contributed by atoms with E-state index in [9.17, 15) is 4.79 Å². The number of H-pyrrole nitrogens is 1. The van der Waals surface area contributed by atoms with E-state index in [-0.39, 0.29) is 11.6 Å². The first-order valence-corrected chi connectivity index (χ1v) is 9.87. The summed E-state index contributed by atoms with van der Waals surface area (Å²) in [4.78, 5) is 17.5. The maximum absolute atomic E-state index is 13.0. The largest absolute Gasteiger partial charge is 0.378 e. The molecule has 1 fully saturated rings. The Balaban J connectivity index is 1.56. The van der Waals surface area contributed by atoms with E-state index in [1.165, 1.54) is 0 Å². The van der Waals surface area contributed by atoms with Crippen LogP contribution in [-0.4, -0.2) is 39.5 Å². The third kappa shape index (κ3) is 3.36. The first-order valence-electron chi connectivity index (χ1n) is 9.87. The van der Waals surface area contributed by atoms with Gasteiger partial charge in [-0.1, -0.05) is 12.1 Å². The Morgan fingerprint density at radius 1 is 1.20 bits per heavy atom. The van der Waals surface area contributed by atoms with Crippen molar-refractivity contribution in [3.05, 3.63) is 70.8 Å². The van der Waals surface area contributed by atoms with Crippen molar-refractivity contribution in [1.29, 1.82) is 0 Å². The lowest BCUT2D eigenvalue weighted by atomic mass is 10.1. The highest BCUT2D eigenvalue weighted by Gasteiger charge is 2.20. The first-order chi connectivity index (χ1) is 14.7. The highest BCUT2D eigenvalue weighted by molar-refractivity contribution is 5.87. The van der Waals surface area contributed by atoms with E-state index >= 15 is 0 Å². The van der Waals surface area contributed by atoms with Gasteiger partial charge < -0.3 is 19.9 Å². The topological polar surface area (TPSA) is 96.9 Å². The van der Waals surface area contributed by atoms with E-state index in [1.807, 2.05) is 42.5 Å². The number of aromatic nitrogens is 4. The Bertz CT molecular complexity index is 1240. The third-order valence-electron chi connectivity index (χ3n) is 5.42. The molecule has 1 aliphatic rings. The van der Waals surface area contributed by atoms with Gasteiger partial charge in [0, 0.05) is 42.5 Å². The molecule has 4 heterocycles. The average Bonchev–Trinajstić information content (AvgIpc) is 3.33. The summed E-state index contributed by atoms with van der Waals surface area (Å²) in [7, 11) is 1.78. The summed E-state index contributed by atoms with van der Waals surface area (Å²) in [5.74, 6) is 0.654. The number of fused-ring (bicyclic) bond motifs is 1. The van der Waals surface area contributed by atoms with E-state index in [0.717, 1.165) is 34.3 Å². The lowest BCUT2D eigenvalue weighted by Gasteiger charge is -2.25. The Labute approximate surface area is 172 Å². The van der Waals surface area contributed by atoms with Gasteiger partial charge in [-0.2, -0.15) is 5.10 Å². The number of nitrogens with one attached hydrogen (secondary N) is 3. The first kappa shape index (κ1) is 18.5. The number of morpholine rings is 1. The maximum Gasteiger partial charge on any atom is 0.274 e. The second-order valence-corrected chi connectivity index (χ2v) is 7.31. The molecule has 30 heavy (non-hydrogen) atoms. The van der Waals surface area contributed by atoms with Crippen molar-refractivity contribution in [2.75, 3.05) is 25.1 Å². The normalized spacial score (nSPS) is 16.6. The minimum atomic E-state index is -0.110. The maximum atomic E-state index is 13.0. The van der Waals surface area contributed by atoms with Gasteiger partial charge in [-0.3, -0.25) is 9.89 Å². The molecule has 4 aromatic rings. The number of hydrogen-bond acceptors (Lipinski definition) is 6. The summed E-state index contributed by atoms with van der Waals surface area (Å²) in [6.07, 6.45) is 3.44. The summed E-state index contributed by atoms with van der Waals surface area (Å²) in [5, 5.41) is 14.7. The van der Waals surface area contributed by atoms with Gasteiger partial charge in [-0.15, -0.1) is 0 Å². The third-order valence-corrected chi connectivity index (χ3v) is 5.42. The van der Waals surface area contributed by atoms with Crippen LogP contribution in [0.15, 0.2) is 59.7 Å². The van der Waals surface area contributed by atoms with Gasteiger partial charge >= 0.3 is 0 Å². The number of anilines is 2. The van der Waals surface area contributed by atoms with E-state index in [0.29, 0.717) is 24.7 Å². The molecule has 8 heteroatoms. The van der Waals surface area contributed by atoms with Crippen molar-refractivity contribution in [1.82, 2.24) is 25.1 Å². The molecule has 1 aliphatic heterocycles. The van der Waals surface area contributed by atoms with Gasteiger partial charge in [0.2, 0.25) is 0 Å². The average molecular weight is 402 g/mol. The molecule has 0 spiro atoms. The van der Waals surface area contributed by atoms with E-state index in [4.69, 9.17) is 4.74 Å². The fourth-order valence-electron chi connectivity index (χ4n) is 3.85. The Hall–Kier alpha value is -3.49. The summed E-state index contributed by atoms with van der Waals surface area (Å²) in [5.41, 5.74) is 4.13. The second kappa shape index (κ2) is 7.74. The predicted molar refractivity (Wildman–Crippen MR) is 116 cm³/mol. The highest BCUT2D eigenvalue weighted by Crippen LogP contribution is 2.27. The summed E-state index contributed by atoms with van der Waals surface area (Å²) in [6, 6.07) is 13.7. The lowest BCUT2D eigenvalue weighted by molar-refractivity contribution is 0.0770. The molecule has 152 valence electrons. The molecule has 1 saturated heterocycles. The van der Waals surface area contributed by atoms with Crippen LogP contribution in [0.3, 0.4) is 0 Å². The highest BCUT2D eigenvalue weighted by atomic mass is 16.5. The van der Waals surface area contributed by atoms with Gasteiger partial charge in [0.1, 0.15) is 11.5 Å². The predicted octanol–water partition coefficient (Wildman–Crippen LogP) is 2.73. The number of rotatable bonds is 4. The van der Waals surface area contributed by atoms with Crippen LogP contribution in [0.4, 0.5) is 11.5 Å². The molecule has 0 saturated carbocycles. The van der Waals surface area contributed by atoms with E-state index in [2.05, 4.69) is 25.8 Å². The van der Waals surface area contributed by atoms with Crippen LogP contribution in [0.5, 0.6) is 0 Å². The molecular weight excluding hydrogens is 380 g/mol. The monoisotopic (exact) mass is 402 g/mol. The molecule has 8 nitrogen and oxygen atoms in total. The zero-order valence-electron chi connectivity index (χ0n) is 16.6. The lowest BCUT2D eigenvalue weighted by Crippen LogP contribution is -2.35. The SMILES string of the molecule is Cn1c(=O)c(Nc2ncccc2C2COCCN2)cc2cc(-c3ccn[nH]3)ccc21. The molecule has 0 amide bonds. The molecule has 1 atom stereocenters. The van der Waals surface area contributed by atoms with Crippen molar-refractivity contribution < 1.29 is 4.74 Å². The van der Waals surface area contributed by atoms with Crippen molar-refractivity contribution >= 4 is 22.4 Å². The van der Waals surface area contributed by atoms with Gasteiger partial charge in [0.05, 0.1) is 30.5 Å². The Morgan fingerprint density at radius 2 is 2.13 bits per heavy atom. The second-order valence-electron chi connectivity index (χ2n) is 7.31. The number of nitrogens with zero attached hydrogens (tertiary/aromatic N) is 3. The minimum absolute atomic E-state index is 0.0336. The molecule has 0 bridgehead atoms. The minimum Gasteiger partial charge on any atom is -0.378 e. The number of hydrogen-bond donors (Lipinski definition) is 3. The zero-order chi connectivity index (χ0) is 20.5. The molecule has 0 aliphatic carbocycles. The quantitative estimate of drug-likeness (QED) is 0.486. The standard InChI is InChI=1S/C22H22N6O2/c1-28-20-5-4-14(17-6-8-25-27-17)11-15(20)12-18(22(28)29)26-21-16(3-2-7-24-21)19-13-30-10-9-23-19/h2-8,11-12,19,23H,9-10,13H2,1H3,(H,24,26)(H,25,27). The molecule has 1 unspecified atom stereocenters. The van der Waals surface area contributed by atoms with Crippen molar-refractivity contribution in [3.8, 4) is 11.3 Å². The number of aryl methyl sites for hydroxylation is 1. The molecule has 5 rings (SSSR count). The smallest absolute Gasteiger partial charge is 0.274 e. The summed E-state index contributed by atoms with van der Waals surface area (Å²) >= 11 is 0. The Morgan fingerprint density at radius 3 is 2.93 bits per heavy atom. The fourth-order valence-corrected chi connectivity index (χ4v) is 3.85. The van der Waals surface area contributed by atoms with Gasteiger partial charge in [0.15, 0.2) is 0 Å². The van der Waals surface area contributed by atoms with E-state index in [1.54, 1.807) is 24.0 Å². The zero-order valence-corrected chi connectivity index (χ0v) is 16.6. The molecule has 0 radical (unpaired) electrons. The van der Waals surface area contributed by atoms with Gasteiger partial charge in [-0.25, -0.2) is 4.98 Å². The van der Waals surface area contributed by atoms with Crippen LogP contribution >= 0.6 is 0 Å².